The predicted octanol–water partition coefficient (Wildman–Crippen LogP) is 2.46. The van der Waals surface area contributed by atoms with Crippen LogP contribution in [0.1, 0.15) is 44.9 Å². The summed E-state index contributed by atoms with van der Waals surface area (Å²) in [5.41, 5.74) is -0.0681. The van der Waals surface area contributed by atoms with Gasteiger partial charge in [0, 0.05) is 5.54 Å². The number of carboxylic acid groups (broad SMARTS) is 1. The SMILES string of the molecule is CSCCC(NC(=O)NC12CC3CC(CC(C3)C1)C2)C(=O)O. The van der Waals surface area contributed by atoms with Gasteiger partial charge in [-0.3, -0.25) is 0 Å². The van der Waals surface area contributed by atoms with E-state index in [9.17, 15) is 14.7 Å². The zero-order valence-electron chi connectivity index (χ0n) is 13.1. The minimum Gasteiger partial charge on any atom is -0.480 e. The second-order valence-electron chi connectivity index (χ2n) is 7.47. The number of thioether (sulfide) groups is 1. The first kappa shape index (κ1) is 16.0. The molecule has 4 aliphatic rings. The summed E-state index contributed by atoms with van der Waals surface area (Å²) in [5.74, 6) is 2.07. The van der Waals surface area contributed by atoms with Crippen molar-refractivity contribution < 1.29 is 14.7 Å². The second kappa shape index (κ2) is 6.30. The van der Waals surface area contributed by atoms with Crippen molar-refractivity contribution in [1.82, 2.24) is 10.6 Å². The van der Waals surface area contributed by atoms with Crippen LogP contribution in [0.15, 0.2) is 0 Å². The summed E-state index contributed by atoms with van der Waals surface area (Å²) in [4.78, 5) is 23.6. The van der Waals surface area contributed by atoms with Crippen molar-refractivity contribution in [2.45, 2.75) is 56.5 Å². The second-order valence-corrected chi connectivity index (χ2v) is 8.45. The molecular formula is C16H26N2O3S. The molecule has 0 aromatic heterocycles. The number of rotatable bonds is 6. The lowest BCUT2D eigenvalue weighted by molar-refractivity contribution is -0.139. The monoisotopic (exact) mass is 326 g/mol. The Kier molecular flexibility index (Phi) is 4.57. The van der Waals surface area contributed by atoms with Crippen molar-refractivity contribution in [3.63, 3.8) is 0 Å². The van der Waals surface area contributed by atoms with Gasteiger partial charge in [0.05, 0.1) is 0 Å². The zero-order chi connectivity index (χ0) is 15.7. The van der Waals surface area contributed by atoms with E-state index in [-0.39, 0.29) is 11.6 Å². The van der Waals surface area contributed by atoms with Gasteiger partial charge in [-0.1, -0.05) is 0 Å². The van der Waals surface area contributed by atoms with Crippen LogP contribution in [0.3, 0.4) is 0 Å². The molecule has 0 radical (unpaired) electrons. The molecule has 5 nitrogen and oxygen atoms in total. The molecule has 6 heteroatoms. The summed E-state index contributed by atoms with van der Waals surface area (Å²) in [6.07, 6.45) is 9.62. The molecule has 0 saturated heterocycles. The average molecular weight is 326 g/mol. The normalized spacial score (nSPS) is 36.9. The number of hydrogen-bond acceptors (Lipinski definition) is 3. The van der Waals surface area contributed by atoms with Crippen molar-refractivity contribution in [2.75, 3.05) is 12.0 Å². The third kappa shape index (κ3) is 3.36. The lowest BCUT2D eigenvalue weighted by atomic mass is 9.53. The first-order valence-electron chi connectivity index (χ1n) is 8.30. The highest BCUT2D eigenvalue weighted by Gasteiger charge is 2.51. The van der Waals surface area contributed by atoms with Crippen LogP contribution in [0.25, 0.3) is 0 Å². The zero-order valence-corrected chi connectivity index (χ0v) is 14.0. The van der Waals surface area contributed by atoms with Gasteiger partial charge < -0.3 is 15.7 Å². The van der Waals surface area contributed by atoms with Gasteiger partial charge in [-0.25, -0.2) is 9.59 Å². The largest absolute Gasteiger partial charge is 0.480 e. The Balaban J connectivity index is 1.58. The molecule has 4 bridgehead atoms. The Morgan fingerprint density at radius 3 is 2.18 bits per heavy atom. The van der Waals surface area contributed by atoms with E-state index in [4.69, 9.17) is 0 Å². The number of urea groups is 1. The smallest absolute Gasteiger partial charge is 0.326 e. The fourth-order valence-electron chi connectivity index (χ4n) is 5.19. The molecule has 3 N–H and O–H groups in total. The quantitative estimate of drug-likeness (QED) is 0.700. The van der Waals surface area contributed by atoms with Gasteiger partial charge in [-0.05, 0) is 74.7 Å². The molecular weight excluding hydrogens is 300 g/mol. The van der Waals surface area contributed by atoms with E-state index < -0.39 is 12.0 Å². The summed E-state index contributed by atoms with van der Waals surface area (Å²) < 4.78 is 0. The van der Waals surface area contributed by atoms with Gasteiger partial charge in [0.25, 0.3) is 0 Å². The van der Waals surface area contributed by atoms with E-state index in [1.54, 1.807) is 11.8 Å². The summed E-state index contributed by atoms with van der Waals surface area (Å²) in [6.45, 7) is 0. The minimum atomic E-state index is -0.949. The van der Waals surface area contributed by atoms with E-state index in [1.807, 2.05) is 6.26 Å². The number of carboxylic acids is 1. The Hall–Kier alpha value is -0.910. The van der Waals surface area contributed by atoms with E-state index >= 15 is 0 Å². The van der Waals surface area contributed by atoms with E-state index in [2.05, 4.69) is 10.6 Å². The molecule has 0 aromatic carbocycles. The van der Waals surface area contributed by atoms with Crippen molar-refractivity contribution in [3.05, 3.63) is 0 Å². The number of amides is 2. The van der Waals surface area contributed by atoms with Crippen LogP contribution in [0, 0.1) is 17.8 Å². The molecule has 4 rings (SSSR count). The minimum absolute atomic E-state index is 0.0681. The molecule has 4 aliphatic carbocycles. The number of hydrogen-bond donors (Lipinski definition) is 3. The summed E-state index contributed by atoms with van der Waals surface area (Å²) in [6, 6.07) is -1.09. The van der Waals surface area contributed by atoms with Crippen LogP contribution in [0.5, 0.6) is 0 Å². The Morgan fingerprint density at radius 1 is 1.18 bits per heavy atom. The number of carbonyl (C=O) groups is 2. The standard InChI is InChI=1S/C16H26N2O3S/c1-22-3-2-13(14(19)20)17-15(21)18-16-7-10-4-11(8-16)6-12(5-10)9-16/h10-13H,2-9H2,1H3,(H,19,20)(H2,17,18,21). The van der Waals surface area contributed by atoms with Gasteiger partial charge >= 0.3 is 12.0 Å². The maximum Gasteiger partial charge on any atom is 0.326 e. The van der Waals surface area contributed by atoms with Crippen LogP contribution in [-0.4, -0.2) is 40.7 Å². The molecule has 4 saturated carbocycles. The number of carbonyl (C=O) groups excluding carboxylic acids is 1. The van der Waals surface area contributed by atoms with E-state index in [0.717, 1.165) is 42.8 Å². The highest BCUT2D eigenvalue weighted by molar-refractivity contribution is 7.98. The lowest BCUT2D eigenvalue weighted by Gasteiger charge is -2.56. The molecule has 0 aromatic rings. The van der Waals surface area contributed by atoms with Crippen molar-refractivity contribution in [2.24, 2.45) is 17.8 Å². The number of aliphatic carboxylic acids is 1. The molecule has 2 amide bonds. The first-order valence-corrected chi connectivity index (χ1v) is 9.69. The molecule has 124 valence electrons. The summed E-state index contributed by atoms with van der Waals surface area (Å²) >= 11 is 1.59. The van der Waals surface area contributed by atoms with Crippen LogP contribution in [0.2, 0.25) is 0 Å². The third-order valence-corrected chi connectivity index (χ3v) is 6.27. The Bertz CT molecular complexity index is 419. The molecule has 0 heterocycles. The van der Waals surface area contributed by atoms with Crippen LogP contribution in [-0.2, 0) is 4.79 Å². The summed E-state index contributed by atoms with van der Waals surface area (Å²) in [7, 11) is 0. The molecule has 22 heavy (non-hydrogen) atoms. The van der Waals surface area contributed by atoms with E-state index in [1.165, 1.54) is 19.3 Å². The molecule has 4 fully saturated rings. The van der Waals surface area contributed by atoms with Gasteiger partial charge in [0.15, 0.2) is 0 Å². The van der Waals surface area contributed by atoms with Crippen LogP contribution >= 0.6 is 11.8 Å². The van der Waals surface area contributed by atoms with Crippen molar-refractivity contribution in [1.29, 1.82) is 0 Å². The van der Waals surface area contributed by atoms with Crippen LogP contribution in [0.4, 0.5) is 4.79 Å². The van der Waals surface area contributed by atoms with Gasteiger partial charge in [0.1, 0.15) is 6.04 Å². The molecule has 1 unspecified atom stereocenters. The first-order chi connectivity index (χ1) is 10.5. The van der Waals surface area contributed by atoms with E-state index in [0.29, 0.717) is 6.42 Å². The summed E-state index contributed by atoms with van der Waals surface area (Å²) in [5, 5.41) is 15.1. The van der Waals surface area contributed by atoms with Crippen LogP contribution < -0.4 is 10.6 Å². The average Bonchev–Trinajstić information content (AvgIpc) is 2.40. The third-order valence-electron chi connectivity index (χ3n) is 5.63. The molecule has 0 aliphatic heterocycles. The van der Waals surface area contributed by atoms with Gasteiger partial charge in [0.2, 0.25) is 0 Å². The van der Waals surface area contributed by atoms with Crippen molar-refractivity contribution in [3.8, 4) is 0 Å². The lowest BCUT2D eigenvalue weighted by Crippen LogP contribution is -2.62. The highest BCUT2D eigenvalue weighted by Crippen LogP contribution is 2.55. The van der Waals surface area contributed by atoms with Gasteiger partial charge in [-0.15, -0.1) is 0 Å². The number of nitrogens with one attached hydrogen (secondary N) is 2. The Morgan fingerprint density at radius 2 is 1.73 bits per heavy atom. The molecule has 1 atom stereocenters. The topological polar surface area (TPSA) is 78.4 Å². The maximum absolute atomic E-state index is 12.3. The van der Waals surface area contributed by atoms with Crippen molar-refractivity contribution >= 4 is 23.8 Å². The fourth-order valence-corrected chi connectivity index (χ4v) is 5.66. The maximum atomic E-state index is 12.3. The van der Waals surface area contributed by atoms with Gasteiger partial charge in [-0.2, -0.15) is 11.8 Å². The Labute approximate surface area is 136 Å². The fraction of sp³-hybridized carbons (Fsp3) is 0.875. The molecule has 0 spiro atoms. The highest BCUT2D eigenvalue weighted by atomic mass is 32.2. The predicted molar refractivity (Wildman–Crippen MR) is 87.0 cm³/mol.